The minimum absolute atomic E-state index is 0.196. The lowest BCUT2D eigenvalue weighted by Crippen LogP contribution is -2.47. The van der Waals surface area contributed by atoms with Crippen LogP contribution in [0.1, 0.15) is 63.6 Å². The number of nitrogens with zero attached hydrogens (tertiary/aromatic N) is 5. The molecule has 3 aromatic rings. The molecule has 4 heterocycles. The summed E-state index contributed by atoms with van der Waals surface area (Å²) in [5, 5.41) is 0. The average molecular weight is 442 g/mol. The number of aromatic nitrogens is 2. The van der Waals surface area contributed by atoms with Crippen molar-refractivity contribution in [2.75, 3.05) is 31.1 Å². The van der Waals surface area contributed by atoms with Crippen LogP contribution in [0.2, 0.25) is 0 Å². The molecule has 0 spiro atoms. The van der Waals surface area contributed by atoms with Crippen LogP contribution in [0.15, 0.2) is 42.7 Å². The Morgan fingerprint density at radius 2 is 1.58 bits per heavy atom. The van der Waals surface area contributed by atoms with Gasteiger partial charge in [-0.25, -0.2) is 4.98 Å². The zero-order valence-electron chi connectivity index (χ0n) is 18.6. The Balaban J connectivity index is 1.21. The van der Waals surface area contributed by atoms with E-state index in [1.807, 2.05) is 6.20 Å². The van der Waals surface area contributed by atoms with E-state index in [2.05, 4.69) is 26.5 Å². The van der Waals surface area contributed by atoms with E-state index in [0.717, 1.165) is 43.6 Å². The fourth-order valence-electron chi connectivity index (χ4n) is 5.41. The summed E-state index contributed by atoms with van der Waals surface area (Å²) in [6.07, 6.45) is 9.38. The van der Waals surface area contributed by atoms with Crippen LogP contribution in [0, 0.1) is 0 Å². The molecule has 2 aliphatic heterocycles. The normalized spacial score (nSPS) is 21.3. The van der Waals surface area contributed by atoms with Gasteiger partial charge in [-0.15, -0.1) is 0 Å². The van der Waals surface area contributed by atoms with Crippen LogP contribution in [-0.4, -0.2) is 63.2 Å². The van der Waals surface area contributed by atoms with Gasteiger partial charge in [0.1, 0.15) is 0 Å². The van der Waals surface area contributed by atoms with E-state index >= 15 is 0 Å². The molecule has 3 fully saturated rings. The summed E-state index contributed by atoms with van der Waals surface area (Å²) in [7, 11) is 0. The number of piperazine rings is 1. The van der Waals surface area contributed by atoms with Crippen LogP contribution in [0.3, 0.4) is 0 Å². The summed E-state index contributed by atoms with van der Waals surface area (Å²) in [6, 6.07) is 10.2. The summed E-state index contributed by atoms with van der Waals surface area (Å²) in [6.45, 7) is 4.43. The molecule has 7 heteroatoms. The number of carbonyl (C=O) groups excluding carboxylic acids is 2. The summed E-state index contributed by atoms with van der Waals surface area (Å²) >= 11 is 0. The molecule has 7 nitrogen and oxygen atoms in total. The van der Waals surface area contributed by atoms with E-state index in [-0.39, 0.29) is 18.4 Å². The van der Waals surface area contributed by atoms with Gasteiger partial charge in [-0.1, -0.05) is 12.1 Å². The molecule has 0 atom stereocenters. The molecule has 2 amide bonds. The first-order chi connectivity index (χ1) is 16.2. The van der Waals surface area contributed by atoms with Crippen molar-refractivity contribution in [1.82, 2.24) is 19.2 Å². The fourth-order valence-corrected chi connectivity index (χ4v) is 5.41. The predicted molar refractivity (Wildman–Crippen MR) is 125 cm³/mol. The highest BCUT2D eigenvalue weighted by Crippen LogP contribution is 2.42. The second-order valence-corrected chi connectivity index (χ2v) is 9.89. The quantitative estimate of drug-likeness (QED) is 0.569. The molecule has 7 rings (SSSR count). The van der Waals surface area contributed by atoms with E-state index in [1.54, 1.807) is 24.3 Å². The third-order valence-corrected chi connectivity index (χ3v) is 7.57. The Kier molecular flexibility index (Phi) is 4.18. The Bertz CT molecular complexity index is 1250. The molecular formula is C26H27N5O2. The Labute approximate surface area is 192 Å². The predicted octanol–water partition coefficient (Wildman–Crippen LogP) is 3.29. The molecule has 33 heavy (non-hydrogen) atoms. The topological polar surface area (TPSA) is 61.2 Å². The highest BCUT2D eigenvalue weighted by molar-refractivity contribution is 6.21. The van der Waals surface area contributed by atoms with Gasteiger partial charge in [0, 0.05) is 44.6 Å². The Hall–Kier alpha value is -3.19. The summed E-state index contributed by atoms with van der Waals surface area (Å²) in [5.74, 6) is 0.175. The van der Waals surface area contributed by atoms with Crippen LogP contribution in [-0.2, 0) is 6.54 Å². The van der Waals surface area contributed by atoms with Crippen LogP contribution >= 0.6 is 0 Å². The Morgan fingerprint density at radius 1 is 0.879 bits per heavy atom. The number of hydrogen-bond acceptors (Lipinski definition) is 5. The average Bonchev–Trinajstić information content (AvgIpc) is 3.77. The van der Waals surface area contributed by atoms with Crippen LogP contribution in [0.4, 0.5) is 5.69 Å². The minimum atomic E-state index is -0.234. The van der Waals surface area contributed by atoms with Gasteiger partial charge in [-0.05, 0) is 55.4 Å². The van der Waals surface area contributed by atoms with Crippen LogP contribution in [0.5, 0.6) is 0 Å². The largest absolute Gasteiger partial charge is 0.366 e. The molecule has 168 valence electrons. The molecule has 2 saturated carbocycles. The standard InChI is InChI=1S/C26H27N5O2/c32-25-21-3-1-2-4-22(21)26(33)31(25)16-19-15-30-14-18(17-5-6-17)13-23(24(30)27-19)29-11-9-28(10-12-29)20-7-8-20/h1-4,13-15,17,20H,5-12,16H2. The molecule has 0 unspecified atom stereocenters. The molecule has 2 aromatic heterocycles. The third kappa shape index (κ3) is 3.25. The molecule has 1 aromatic carbocycles. The van der Waals surface area contributed by atoms with Crippen molar-refractivity contribution in [3.8, 4) is 0 Å². The van der Waals surface area contributed by atoms with Gasteiger partial charge in [0.15, 0.2) is 5.65 Å². The SMILES string of the molecule is O=C1c2ccccc2C(=O)N1Cc1cn2cc(C3CC3)cc(N3CCN(C4CC4)CC3)c2n1. The van der Waals surface area contributed by atoms with Crippen LogP contribution in [0.25, 0.3) is 5.65 Å². The summed E-state index contributed by atoms with van der Waals surface area (Å²) in [5.41, 5.74) is 5.18. The third-order valence-electron chi connectivity index (χ3n) is 7.57. The highest BCUT2D eigenvalue weighted by Gasteiger charge is 2.36. The molecule has 0 radical (unpaired) electrons. The van der Waals surface area contributed by atoms with Gasteiger partial charge in [-0.3, -0.25) is 19.4 Å². The van der Waals surface area contributed by atoms with Gasteiger partial charge >= 0.3 is 0 Å². The van der Waals surface area contributed by atoms with Gasteiger partial charge < -0.3 is 9.30 Å². The number of carbonyl (C=O) groups is 2. The van der Waals surface area contributed by atoms with Gasteiger partial charge in [0.25, 0.3) is 11.8 Å². The lowest BCUT2D eigenvalue weighted by atomic mass is 10.1. The monoisotopic (exact) mass is 441 g/mol. The first-order valence-corrected chi connectivity index (χ1v) is 12.1. The van der Waals surface area contributed by atoms with Gasteiger partial charge in [0.05, 0.1) is 29.1 Å². The van der Waals surface area contributed by atoms with Crippen molar-refractivity contribution < 1.29 is 9.59 Å². The van der Waals surface area contributed by atoms with Crippen LogP contribution < -0.4 is 4.90 Å². The number of imide groups is 1. The van der Waals surface area contributed by atoms with Crippen molar-refractivity contribution in [2.24, 2.45) is 0 Å². The maximum Gasteiger partial charge on any atom is 0.261 e. The maximum atomic E-state index is 12.8. The number of anilines is 1. The first kappa shape index (κ1) is 19.3. The number of fused-ring (bicyclic) bond motifs is 2. The Morgan fingerprint density at radius 3 is 2.21 bits per heavy atom. The van der Waals surface area contributed by atoms with Gasteiger partial charge in [-0.2, -0.15) is 0 Å². The van der Waals surface area contributed by atoms with Crippen molar-refractivity contribution >= 4 is 23.1 Å². The van der Waals surface area contributed by atoms with E-state index in [0.29, 0.717) is 17.0 Å². The minimum Gasteiger partial charge on any atom is -0.366 e. The number of amides is 2. The second kappa shape index (κ2) is 7.15. The number of imidazole rings is 1. The molecular weight excluding hydrogens is 414 g/mol. The van der Waals surface area contributed by atoms with Crippen molar-refractivity contribution in [3.63, 3.8) is 0 Å². The molecule has 4 aliphatic rings. The molecule has 2 aliphatic carbocycles. The van der Waals surface area contributed by atoms with Crippen molar-refractivity contribution in [1.29, 1.82) is 0 Å². The second-order valence-electron chi connectivity index (χ2n) is 9.89. The highest BCUT2D eigenvalue weighted by atomic mass is 16.2. The van der Waals surface area contributed by atoms with E-state index in [4.69, 9.17) is 4.98 Å². The molecule has 1 saturated heterocycles. The molecule has 0 bridgehead atoms. The molecule has 0 N–H and O–H groups in total. The smallest absolute Gasteiger partial charge is 0.261 e. The lowest BCUT2D eigenvalue weighted by Gasteiger charge is -2.36. The van der Waals surface area contributed by atoms with Gasteiger partial charge in [0.2, 0.25) is 0 Å². The van der Waals surface area contributed by atoms with Crippen molar-refractivity contribution in [3.05, 3.63) is 65.1 Å². The van der Waals surface area contributed by atoms with E-state index < -0.39 is 0 Å². The van der Waals surface area contributed by atoms with Crippen molar-refractivity contribution in [2.45, 2.75) is 44.2 Å². The van der Waals surface area contributed by atoms with E-state index in [1.165, 1.54) is 41.8 Å². The summed E-state index contributed by atoms with van der Waals surface area (Å²) < 4.78 is 2.11. The van der Waals surface area contributed by atoms with E-state index in [9.17, 15) is 9.59 Å². The maximum absolute atomic E-state index is 12.8. The number of pyridine rings is 1. The number of benzene rings is 1. The fraction of sp³-hybridized carbons (Fsp3) is 0.423. The zero-order valence-corrected chi connectivity index (χ0v) is 18.6. The zero-order chi connectivity index (χ0) is 22.1. The number of hydrogen-bond donors (Lipinski definition) is 0. The lowest BCUT2D eigenvalue weighted by molar-refractivity contribution is 0.0640. The summed E-state index contributed by atoms with van der Waals surface area (Å²) in [4.78, 5) is 37.0. The number of rotatable bonds is 5. The first-order valence-electron chi connectivity index (χ1n) is 12.1.